The van der Waals surface area contributed by atoms with Gasteiger partial charge in [0.05, 0.1) is 18.4 Å². The number of nitrogens with one attached hydrogen (secondary N) is 1. The van der Waals surface area contributed by atoms with Crippen molar-refractivity contribution in [1.29, 1.82) is 0 Å². The van der Waals surface area contributed by atoms with Gasteiger partial charge in [-0.1, -0.05) is 23.7 Å². The van der Waals surface area contributed by atoms with E-state index in [0.717, 1.165) is 5.69 Å². The van der Waals surface area contributed by atoms with Gasteiger partial charge in [-0.05, 0) is 49.6 Å². The molecule has 4 aromatic rings. The highest BCUT2D eigenvalue weighted by molar-refractivity contribution is 6.29. The van der Waals surface area contributed by atoms with Crippen LogP contribution in [0, 0.1) is 0 Å². The molecule has 0 saturated heterocycles. The van der Waals surface area contributed by atoms with Gasteiger partial charge in [-0.3, -0.25) is 0 Å². The number of hydrogen-bond donors (Lipinski definition) is 3. The second kappa shape index (κ2) is 12.8. The Morgan fingerprint density at radius 1 is 1.13 bits per heavy atom. The molecule has 0 saturated carbocycles. The van der Waals surface area contributed by atoms with Gasteiger partial charge in [0, 0.05) is 30.4 Å². The monoisotopic (exact) mass is 662 g/mol. The first-order valence-electron chi connectivity index (χ1n) is 12.9. The maximum absolute atomic E-state index is 12.6. The Morgan fingerprint density at radius 2 is 1.80 bits per heavy atom. The molecule has 2 aromatic carbocycles. The molecule has 0 bridgehead atoms. The number of halogens is 7. The number of fused-ring (bicyclic) bond motifs is 1. The number of methoxy groups -OCH3 is 1. The number of carboxylic acid groups (broad SMARTS) is 1. The highest BCUT2D eigenvalue weighted by Gasteiger charge is 2.38. The molecule has 0 fully saturated rings. The molecule has 0 unspecified atom stereocenters. The van der Waals surface area contributed by atoms with Crippen LogP contribution in [0.3, 0.4) is 0 Å². The molecule has 0 spiro atoms. The lowest BCUT2D eigenvalue weighted by molar-refractivity contribution is -0.274. The molecule has 3 N–H and O–H groups in total. The lowest BCUT2D eigenvalue weighted by atomic mass is 9.86. The number of nitrogens with zero attached hydrogens (tertiary/aromatic N) is 5. The number of imidazole rings is 1. The van der Waals surface area contributed by atoms with E-state index in [4.69, 9.17) is 31.2 Å². The van der Waals surface area contributed by atoms with E-state index >= 15 is 0 Å². The maximum atomic E-state index is 12.6. The average Bonchev–Trinajstić information content (AvgIpc) is 3.53. The Balaban J connectivity index is 0.000000591. The minimum atomic E-state index is -5.08. The third-order valence-corrected chi connectivity index (χ3v) is 6.74. The summed E-state index contributed by atoms with van der Waals surface area (Å²) in [5.41, 5.74) is 1.09. The summed E-state index contributed by atoms with van der Waals surface area (Å²) in [6.07, 6.45) is -5.86. The van der Waals surface area contributed by atoms with Gasteiger partial charge in [-0.2, -0.15) is 18.2 Å². The van der Waals surface area contributed by atoms with E-state index in [0.29, 0.717) is 53.3 Å². The minimum absolute atomic E-state index is 0.319. The molecule has 242 valence electrons. The van der Waals surface area contributed by atoms with Crippen LogP contribution in [-0.2, 0) is 11.3 Å². The van der Waals surface area contributed by atoms with Crippen LogP contribution < -0.4 is 14.8 Å². The van der Waals surface area contributed by atoms with Crippen molar-refractivity contribution in [2.75, 3.05) is 12.4 Å². The molecule has 2 aromatic heterocycles. The van der Waals surface area contributed by atoms with E-state index in [1.165, 1.54) is 12.1 Å². The van der Waals surface area contributed by atoms with Crippen LogP contribution in [0.2, 0.25) is 5.15 Å². The first-order valence-corrected chi connectivity index (χ1v) is 13.3. The number of aliphatic carboxylic acids is 1. The number of hydrogen-bond acceptors (Lipinski definition) is 8. The van der Waals surface area contributed by atoms with E-state index in [1.54, 1.807) is 54.0 Å². The zero-order valence-electron chi connectivity index (χ0n) is 23.4. The molecule has 3 heterocycles. The first-order chi connectivity index (χ1) is 20.9. The van der Waals surface area contributed by atoms with Crippen molar-refractivity contribution in [3.8, 4) is 17.2 Å². The highest BCUT2D eigenvalue weighted by atomic mass is 35.5. The molecule has 0 radical (unpaired) electrons. The topological polar surface area (TPSA) is 137 Å². The maximum Gasteiger partial charge on any atom is 0.573 e. The van der Waals surface area contributed by atoms with Crippen LogP contribution in [0.5, 0.6) is 11.5 Å². The summed E-state index contributed by atoms with van der Waals surface area (Å²) in [7, 11) is 1.56. The van der Waals surface area contributed by atoms with Gasteiger partial charge in [0.15, 0.2) is 0 Å². The second-order valence-electron chi connectivity index (χ2n) is 10.1. The highest BCUT2D eigenvalue weighted by Crippen LogP contribution is 2.38. The van der Waals surface area contributed by atoms with Crippen molar-refractivity contribution in [1.82, 2.24) is 24.3 Å². The predicted octanol–water partition coefficient (Wildman–Crippen LogP) is 6.08. The summed E-state index contributed by atoms with van der Waals surface area (Å²) in [5, 5.41) is 26.1. The summed E-state index contributed by atoms with van der Waals surface area (Å²) in [4.78, 5) is 17.6. The summed E-state index contributed by atoms with van der Waals surface area (Å²) >= 11 is 5.94. The van der Waals surface area contributed by atoms with Crippen LogP contribution >= 0.6 is 11.6 Å². The zero-order chi connectivity index (χ0) is 33.2. The number of carbonyl (C=O) groups is 1. The van der Waals surface area contributed by atoms with Crippen LogP contribution in [0.1, 0.15) is 37.1 Å². The average molecular weight is 663 g/mol. The summed E-state index contributed by atoms with van der Waals surface area (Å²) < 4.78 is 82.5. The summed E-state index contributed by atoms with van der Waals surface area (Å²) in [6, 6.07) is 11.1. The molecule has 0 aliphatic carbocycles. The molecule has 5 rings (SSSR count). The van der Waals surface area contributed by atoms with Crippen LogP contribution in [0.4, 0.5) is 38.0 Å². The third kappa shape index (κ3) is 8.78. The minimum Gasteiger partial charge on any atom is -0.494 e. The number of rotatable bonds is 6. The van der Waals surface area contributed by atoms with Crippen molar-refractivity contribution in [2.24, 2.45) is 0 Å². The van der Waals surface area contributed by atoms with Crippen molar-refractivity contribution >= 4 is 29.2 Å². The number of ether oxygens (including phenoxy) is 2. The van der Waals surface area contributed by atoms with Gasteiger partial charge in [0.25, 0.3) is 0 Å². The predicted molar refractivity (Wildman–Crippen MR) is 147 cm³/mol. The Bertz CT molecular complexity index is 1640. The van der Waals surface area contributed by atoms with Gasteiger partial charge >= 0.3 is 18.5 Å². The van der Waals surface area contributed by atoms with Crippen LogP contribution in [0.15, 0.2) is 55.0 Å². The van der Waals surface area contributed by atoms with E-state index < -0.39 is 30.0 Å². The van der Waals surface area contributed by atoms with E-state index in [2.05, 4.69) is 20.1 Å². The summed E-state index contributed by atoms with van der Waals surface area (Å²) in [6.45, 7) is 2.15. The fourth-order valence-corrected chi connectivity index (χ4v) is 4.66. The van der Waals surface area contributed by atoms with E-state index in [1.807, 2.05) is 12.1 Å². The number of carboxylic acids is 1. The van der Waals surface area contributed by atoms with Gasteiger partial charge in [-0.25, -0.2) is 14.5 Å². The number of alkyl halides is 6. The third-order valence-electron chi connectivity index (χ3n) is 6.54. The van der Waals surface area contributed by atoms with E-state index in [9.17, 15) is 31.4 Å². The van der Waals surface area contributed by atoms with Gasteiger partial charge in [0.2, 0.25) is 5.95 Å². The molecule has 45 heavy (non-hydrogen) atoms. The van der Waals surface area contributed by atoms with Crippen LogP contribution in [-0.4, -0.2) is 65.7 Å². The quantitative estimate of drug-likeness (QED) is 0.210. The fourth-order valence-electron chi connectivity index (χ4n) is 4.51. The van der Waals surface area contributed by atoms with Crippen molar-refractivity contribution < 1.29 is 50.8 Å². The number of benzene rings is 2. The second-order valence-corrected chi connectivity index (χ2v) is 10.4. The number of aromatic nitrogens is 5. The summed E-state index contributed by atoms with van der Waals surface area (Å²) in [5.74, 6) is -1.98. The van der Waals surface area contributed by atoms with Crippen molar-refractivity contribution in [2.45, 2.75) is 50.4 Å². The van der Waals surface area contributed by atoms with Gasteiger partial charge < -0.3 is 29.6 Å². The fraction of sp³-hybridized carbons (Fsp3) is 0.333. The standard InChI is InChI=1S/C25H24ClF3N6O3.C2HF3O2/c1-24(36)9-10-35-22(18(12-24)15-3-6-17(7-4-15)38-25(27,28)29)32-23(33-35)31-16-5-8-19(20(11-16)37-2)34-13-21(26)30-14-34;3-2(4,5)1(6)7/h3-8,11,13-14,18,36H,9-10,12H2,1-2H3,(H,31,33);(H,6,7)/t18-,24-;/m1./s1. The molecular formula is C27H25ClF6N6O5. The Hall–Kier alpha value is -4.51. The van der Waals surface area contributed by atoms with Crippen LogP contribution in [0.25, 0.3) is 5.69 Å². The molecule has 1 aliphatic rings. The van der Waals surface area contributed by atoms with E-state index in [-0.39, 0.29) is 5.75 Å². The van der Waals surface area contributed by atoms with Crippen molar-refractivity contribution in [3.05, 3.63) is 71.5 Å². The Morgan fingerprint density at radius 3 is 2.36 bits per heavy atom. The normalized spacial score (nSPS) is 18.2. The van der Waals surface area contributed by atoms with Gasteiger partial charge in [-0.15, -0.1) is 18.3 Å². The zero-order valence-corrected chi connectivity index (χ0v) is 24.2. The van der Waals surface area contributed by atoms with Crippen molar-refractivity contribution in [3.63, 3.8) is 0 Å². The largest absolute Gasteiger partial charge is 0.573 e. The Kier molecular flexibility index (Phi) is 9.53. The molecule has 11 nitrogen and oxygen atoms in total. The number of aliphatic hydroxyl groups is 1. The lowest BCUT2D eigenvalue weighted by Crippen LogP contribution is -2.26. The molecule has 2 atom stereocenters. The van der Waals surface area contributed by atoms with Gasteiger partial charge in [0.1, 0.15) is 28.8 Å². The molecule has 18 heteroatoms. The lowest BCUT2D eigenvalue weighted by Gasteiger charge is -2.24. The Labute approximate surface area is 256 Å². The molecule has 1 aliphatic heterocycles. The first kappa shape index (κ1) is 33.4. The number of aryl methyl sites for hydroxylation is 1. The smallest absolute Gasteiger partial charge is 0.494 e. The SMILES string of the molecule is COc1cc(Nc2nc3n(n2)CC[C@@](C)(O)C[C@@H]3c2ccc(OC(F)(F)F)cc2)ccc1-n1cnc(Cl)c1.O=C(O)C(F)(F)F. The molecule has 0 amide bonds. The molecular weight excluding hydrogens is 638 g/mol. The number of anilines is 2.